The van der Waals surface area contributed by atoms with Crippen molar-refractivity contribution in [2.75, 3.05) is 19.7 Å². The van der Waals surface area contributed by atoms with Crippen molar-refractivity contribution >= 4 is 17.3 Å². The summed E-state index contributed by atoms with van der Waals surface area (Å²) in [6.07, 6.45) is 0.787. The molecule has 2 atom stereocenters. The predicted molar refractivity (Wildman–Crippen MR) is 101 cm³/mol. The molecule has 4 heterocycles. The molecule has 0 aromatic carbocycles. The number of hydrogen-bond donors (Lipinski definition) is 2. The zero-order valence-corrected chi connectivity index (χ0v) is 17.1. The van der Waals surface area contributed by atoms with Crippen LogP contribution in [0.15, 0.2) is 17.9 Å². The summed E-state index contributed by atoms with van der Waals surface area (Å²) in [5.74, 6) is -2.76. The van der Waals surface area contributed by atoms with Gasteiger partial charge in [0.15, 0.2) is 0 Å². The molecule has 4 rings (SSSR count). The normalized spacial score (nSPS) is 24.2. The average Bonchev–Trinajstić information content (AvgIpc) is 3.45. The lowest BCUT2D eigenvalue weighted by atomic mass is 9.98. The number of nitrogens with one attached hydrogen (secondary N) is 1. The number of nitrogens with zero attached hydrogens (tertiary/aromatic N) is 3. The van der Waals surface area contributed by atoms with E-state index in [1.54, 1.807) is 17.7 Å². The molecule has 0 amide bonds. The molecule has 1 spiro atoms. The highest BCUT2D eigenvalue weighted by molar-refractivity contribution is 7.09. The lowest BCUT2D eigenvalue weighted by molar-refractivity contribution is -0.192. The van der Waals surface area contributed by atoms with E-state index < -0.39 is 12.1 Å². The van der Waals surface area contributed by atoms with Gasteiger partial charge in [-0.05, 0) is 13.3 Å². The van der Waals surface area contributed by atoms with E-state index in [0.717, 1.165) is 48.9 Å². The molecule has 0 aliphatic carbocycles. The van der Waals surface area contributed by atoms with Gasteiger partial charge >= 0.3 is 12.1 Å². The third-order valence-electron chi connectivity index (χ3n) is 4.90. The molecule has 0 radical (unpaired) electrons. The minimum absolute atomic E-state index is 0.0251. The summed E-state index contributed by atoms with van der Waals surface area (Å²) in [6.45, 7) is 6.26. The molecule has 2 saturated heterocycles. The zero-order chi connectivity index (χ0) is 21.8. The highest BCUT2D eigenvalue weighted by Gasteiger charge is 2.45. The maximum absolute atomic E-state index is 10.6. The average molecular weight is 448 g/mol. The molecule has 2 aliphatic heterocycles. The number of carbonyl (C=O) groups is 1. The van der Waals surface area contributed by atoms with E-state index in [0.29, 0.717) is 13.2 Å². The van der Waals surface area contributed by atoms with Gasteiger partial charge in [0, 0.05) is 43.3 Å². The molecule has 2 aromatic rings. The Morgan fingerprint density at radius 1 is 1.53 bits per heavy atom. The summed E-state index contributed by atoms with van der Waals surface area (Å²) < 4.78 is 43.9. The van der Waals surface area contributed by atoms with E-state index in [-0.39, 0.29) is 11.7 Å². The van der Waals surface area contributed by atoms with Crippen molar-refractivity contribution in [3.8, 4) is 0 Å². The number of halogens is 3. The predicted octanol–water partition coefficient (Wildman–Crippen LogP) is 2.76. The van der Waals surface area contributed by atoms with Gasteiger partial charge < -0.3 is 19.6 Å². The van der Waals surface area contributed by atoms with Crippen molar-refractivity contribution in [1.82, 2.24) is 19.9 Å². The minimum atomic E-state index is -5.08. The number of aromatic amines is 1. The number of aliphatic carboxylic acids is 1. The molecule has 0 saturated carbocycles. The summed E-state index contributed by atoms with van der Waals surface area (Å²) in [5, 5.41) is 10.3. The van der Waals surface area contributed by atoms with Crippen molar-refractivity contribution in [3.63, 3.8) is 0 Å². The largest absolute Gasteiger partial charge is 0.490 e. The fourth-order valence-electron chi connectivity index (χ4n) is 3.55. The van der Waals surface area contributed by atoms with Gasteiger partial charge in [0.25, 0.3) is 0 Å². The Kier molecular flexibility index (Phi) is 7.11. The van der Waals surface area contributed by atoms with Gasteiger partial charge in [-0.1, -0.05) is 0 Å². The molecule has 166 valence electrons. The summed E-state index contributed by atoms with van der Waals surface area (Å²) in [6, 6.07) is 0. The quantitative estimate of drug-likeness (QED) is 0.725. The first kappa shape index (κ1) is 22.7. The molecular formula is C18H23F3N4O4S. The third-order valence-corrected chi connectivity index (χ3v) is 5.72. The Morgan fingerprint density at radius 3 is 2.90 bits per heavy atom. The summed E-state index contributed by atoms with van der Waals surface area (Å²) in [4.78, 5) is 23.0. The van der Waals surface area contributed by atoms with Crippen LogP contribution in [0.1, 0.15) is 29.2 Å². The number of imidazole rings is 1. The van der Waals surface area contributed by atoms with Crippen LogP contribution in [0, 0.1) is 6.92 Å². The minimum Gasteiger partial charge on any atom is -0.475 e. The number of aromatic nitrogens is 3. The summed E-state index contributed by atoms with van der Waals surface area (Å²) in [5.41, 5.74) is 2.16. The van der Waals surface area contributed by atoms with Gasteiger partial charge in [-0.3, -0.25) is 4.90 Å². The van der Waals surface area contributed by atoms with E-state index in [1.807, 2.05) is 13.1 Å². The summed E-state index contributed by atoms with van der Waals surface area (Å²) >= 11 is 1.67. The molecule has 0 bridgehead atoms. The van der Waals surface area contributed by atoms with E-state index >= 15 is 0 Å². The number of alkyl halides is 3. The Morgan fingerprint density at radius 2 is 2.30 bits per heavy atom. The van der Waals surface area contributed by atoms with Gasteiger partial charge in [0.1, 0.15) is 0 Å². The second-order valence-corrected chi connectivity index (χ2v) is 8.39. The fourth-order valence-corrected chi connectivity index (χ4v) is 4.14. The smallest absolute Gasteiger partial charge is 0.475 e. The van der Waals surface area contributed by atoms with Crippen molar-refractivity contribution in [1.29, 1.82) is 0 Å². The zero-order valence-electron chi connectivity index (χ0n) is 16.3. The Balaban J connectivity index is 0.000000318. The van der Waals surface area contributed by atoms with Crippen LogP contribution >= 0.6 is 11.3 Å². The van der Waals surface area contributed by atoms with Crippen molar-refractivity contribution in [2.24, 2.45) is 0 Å². The molecule has 2 aliphatic rings. The molecular weight excluding hydrogens is 425 g/mol. The highest BCUT2D eigenvalue weighted by atomic mass is 32.1. The second-order valence-electron chi connectivity index (χ2n) is 7.33. The van der Waals surface area contributed by atoms with Gasteiger partial charge in [0.05, 0.1) is 41.9 Å². The number of likely N-dealkylation sites (tertiary alicyclic amines) is 1. The first-order chi connectivity index (χ1) is 14.2. The standard InChI is InChI=1S/C16H22N4O2S.C2HF3O2/c1-12-19-14(9-23-12)7-21-15-4-16(22-8-15)2-3-20(10-16)6-13-5-17-11-18-13;3-2(4,5)1(6)7/h5,9,11,15H,2-4,6-8,10H2,1H3,(H,17,18);(H,6,7). The number of thiazole rings is 1. The van der Waals surface area contributed by atoms with Crippen molar-refractivity contribution in [3.05, 3.63) is 34.3 Å². The van der Waals surface area contributed by atoms with Crippen molar-refractivity contribution in [2.45, 2.75) is 50.8 Å². The molecule has 2 fully saturated rings. The summed E-state index contributed by atoms with van der Waals surface area (Å²) in [7, 11) is 0. The van der Waals surface area contributed by atoms with E-state index in [2.05, 4.69) is 25.2 Å². The third kappa shape index (κ3) is 6.24. The monoisotopic (exact) mass is 448 g/mol. The van der Waals surface area contributed by atoms with Crippen LogP contribution in [0.5, 0.6) is 0 Å². The Labute approximate surface area is 175 Å². The van der Waals surface area contributed by atoms with E-state index in [4.69, 9.17) is 19.4 Å². The van der Waals surface area contributed by atoms with Crippen LogP contribution in [-0.4, -0.2) is 68.5 Å². The number of carboxylic acids is 1. The first-order valence-corrected chi connectivity index (χ1v) is 10.2. The SMILES string of the molecule is Cc1nc(COC2COC3(CCN(Cc4cnc[nH]4)C3)C2)cs1.O=C(O)C(F)(F)F. The van der Waals surface area contributed by atoms with Gasteiger partial charge in [0.2, 0.25) is 0 Å². The Hall–Kier alpha value is -2.02. The van der Waals surface area contributed by atoms with Gasteiger partial charge in [-0.25, -0.2) is 14.8 Å². The molecule has 12 heteroatoms. The van der Waals surface area contributed by atoms with E-state index in [1.165, 1.54) is 0 Å². The molecule has 2 N–H and O–H groups in total. The van der Waals surface area contributed by atoms with Crippen LogP contribution in [-0.2, 0) is 27.4 Å². The topological polar surface area (TPSA) is 101 Å². The van der Waals surface area contributed by atoms with Crippen LogP contribution in [0.3, 0.4) is 0 Å². The lowest BCUT2D eigenvalue weighted by Gasteiger charge is -2.23. The number of rotatable bonds is 5. The van der Waals surface area contributed by atoms with Crippen molar-refractivity contribution < 1.29 is 32.5 Å². The highest BCUT2D eigenvalue weighted by Crippen LogP contribution is 2.36. The van der Waals surface area contributed by atoms with Crippen LogP contribution < -0.4 is 0 Å². The van der Waals surface area contributed by atoms with Crippen LogP contribution in [0.4, 0.5) is 13.2 Å². The van der Waals surface area contributed by atoms with Gasteiger partial charge in [-0.2, -0.15) is 13.2 Å². The number of carboxylic acid groups (broad SMARTS) is 1. The fraction of sp³-hybridized carbons (Fsp3) is 0.611. The molecule has 8 nitrogen and oxygen atoms in total. The van der Waals surface area contributed by atoms with E-state index in [9.17, 15) is 13.2 Å². The Bertz CT molecular complexity index is 830. The number of hydrogen-bond acceptors (Lipinski definition) is 7. The molecule has 2 aromatic heterocycles. The number of aryl methyl sites for hydroxylation is 1. The maximum Gasteiger partial charge on any atom is 0.490 e. The second kappa shape index (κ2) is 9.41. The number of ether oxygens (including phenoxy) is 2. The lowest BCUT2D eigenvalue weighted by Crippen LogP contribution is -2.33. The number of H-pyrrole nitrogens is 1. The molecule has 30 heavy (non-hydrogen) atoms. The van der Waals surface area contributed by atoms with Crippen LogP contribution in [0.25, 0.3) is 0 Å². The first-order valence-electron chi connectivity index (χ1n) is 9.31. The van der Waals surface area contributed by atoms with Gasteiger partial charge in [-0.15, -0.1) is 11.3 Å². The maximum atomic E-state index is 10.6. The van der Waals surface area contributed by atoms with Crippen LogP contribution in [0.2, 0.25) is 0 Å². The molecule has 2 unspecified atom stereocenters.